The van der Waals surface area contributed by atoms with Gasteiger partial charge in [-0.15, -0.1) is 0 Å². The van der Waals surface area contributed by atoms with E-state index in [0.29, 0.717) is 5.76 Å². The Morgan fingerprint density at radius 2 is 1.83 bits per heavy atom. The summed E-state index contributed by atoms with van der Waals surface area (Å²) in [5, 5.41) is 0.265. The molecule has 4 nitrogen and oxygen atoms in total. The molecule has 2 heterocycles. The average Bonchev–Trinajstić information content (AvgIpc) is 3.22. The van der Waals surface area contributed by atoms with Crippen molar-refractivity contribution in [2.75, 3.05) is 0 Å². The minimum absolute atomic E-state index is 0.00569. The van der Waals surface area contributed by atoms with Gasteiger partial charge in [-0.3, -0.25) is 4.79 Å². The number of benzene rings is 1. The Balaban J connectivity index is 1.90. The monoisotopic (exact) mass is 333 g/mol. The summed E-state index contributed by atoms with van der Waals surface area (Å²) in [5.74, 6) is -0.0821. The van der Waals surface area contributed by atoms with Crippen LogP contribution in [-0.2, 0) is 13.1 Å². The van der Waals surface area contributed by atoms with Crippen molar-refractivity contribution < 1.29 is 18.0 Å². The number of carbonyl (C=O) groups is 1. The molecular formula is C17H13ClFNO3. The van der Waals surface area contributed by atoms with Crippen molar-refractivity contribution in [2.45, 2.75) is 13.1 Å². The maximum Gasteiger partial charge on any atom is 0.290 e. The second kappa shape index (κ2) is 6.71. The second-order valence-electron chi connectivity index (χ2n) is 4.92. The van der Waals surface area contributed by atoms with Gasteiger partial charge in [0.25, 0.3) is 5.91 Å². The highest BCUT2D eigenvalue weighted by molar-refractivity contribution is 6.31. The minimum atomic E-state index is -0.464. The van der Waals surface area contributed by atoms with Crippen LogP contribution in [0.1, 0.15) is 21.9 Å². The van der Waals surface area contributed by atoms with Gasteiger partial charge in [-0.2, -0.15) is 0 Å². The molecule has 0 aliphatic rings. The molecule has 0 radical (unpaired) electrons. The second-order valence-corrected chi connectivity index (χ2v) is 5.33. The predicted molar refractivity (Wildman–Crippen MR) is 82.4 cm³/mol. The van der Waals surface area contributed by atoms with Crippen LogP contribution in [-0.4, -0.2) is 10.8 Å². The lowest BCUT2D eigenvalue weighted by Crippen LogP contribution is -2.30. The molecule has 23 heavy (non-hydrogen) atoms. The molecule has 0 bridgehead atoms. The Labute approximate surface area is 137 Å². The van der Waals surface area contributed by atoms with E-state index in [-0.39, 0.29) is 35.3 Å². The van der Waals surface area contributed by atoms with Crippen LogP contribution < -0.4 is 0 Å². The van der Waals surface area contributed by atoms with Crippen LogP contribution in [0.25, 0.3) is 0 Å². The SMILES string of the molecule is O=C(c1ccco1)N(Cc1ccco1)Cc1c(F)cccc1Cl. The molecule has 3 rings (SSSR count). The molecule has 0 aliphatic heterocycles. The van der Waals surface area contributed by atoms with Gasteiger partial charge in [0.05, 0.1) is 25.6 Å². The highest BCUT2D eigenvalue weighted by Crippen LogP contribution is 2.23. The molecule has 6 heteroatoms. The zero-order chi connectivity index (χ0) is 16.2. The van der Waals surface area contributed by atoms with Gasteiger partial charge in [0, 0.05) is 10.6 Å². The zero-order valence-corrected chi connectivity index (χ0v) is 12.8. The number of furan rings is 2. The van der Waals surface area contributed by atoms with Crippen LogP contribution in [0.5, 0.6) is 0 Å². The van der Waals surface area contributed by atoms with Crippen molar-refractivity contribution in [1.82, 2.24) is 4.90 Å². The van der Waals surface area contributed by atoms with Gasteiger partial charge in [0.15, 0.2) is 5.76 Å². The molecule has 118 valence electrons. The van der Waals surface area contributed by atoms with E-state index in [2.05, 4.69) is 0 Å². The van der Waals surface area contributed by atoms with Gasteiger partial charge in [-0.1, -0.05) is 17.7 Å². The molecule has 0 fully saturated rings. The Bertz CT molecular complexity index is 764. The van der Waals surface area contributed by atoms with Gasteiger partial charge in [0.2, 0.25) is 0 Å². The van der Waals surface area contributed by atoms with Gasteiger partial charge in [-0.05, 0) is 36.4 Å². The first-order chi connectivity index (χ1) is 11.1. The Morgan fingerprint density at radius 1 is 1.04 bits per heavy atom. The zero-order valence-electron chi connectivity index (χ0n) is 12.0. The largest absolute Gasteiger partial charge is 0.467 e. The number of amides is 1. The third kappa shape index (κ3) is 3.46. The summed E-state index contributed by atoms with van der Waals surface area (Å²) >= 11 is 6.06. The lowest BCUT2D eigenvalue weighted by Gasteiger charge is -2.21. The highest BCUT2D eigenvalue weighted by Gasteiger charge is 2.22. The molecule has 1 aromatic carbocycles. The van der Waals surface area contributed by atoms with E-state index < -0.39 is 5.82 Å². The molecule has 2 aromatic heterocycles. The Hall–Kier alpha value is -2.53. The third-order valence-electron chi connectivity index (χ3n) is 3.36. The number of hydrogen-bond acceptors (Lipinski definition) is 3. The average molecular weight is 334 g/mol. The molecule has 0 unspecified atom stereocenters. The summed E-state index contributed by atoms with van der Waals surface area (Å²) in [7, 11) is 0. The maximum absolute atomic E-state index is 14.0. The quantitative estimate of drug-likeness (QED) is 0.690. The van der Waals surface area contributed by atoms with Crippen LogP contribution in [0, 0.1) is 5.82 Å². The number of halogens is 2. The minimum Gasteiger partial charge on any atom is -0.467 e. The van der Waals surface area contributed by atoms with E-state index in [0.717, 1.165) is 0 Å². The first-order valence-electron chi connectivity index (χ1n) is 6.93. The smallest absolute Gasteiger partial charge is 0.290 e. The molecule has 3 aromatic rings. The number of nitrogens with zero attached hydrogens (tertiary/aromatic N) is 1. The molecule has 0 saturated heterocycles. The van der Waals surface area contributed by atoms with Crippen LogP contribution in [0.15, 0.2) is 63.8 Å². The highest BCUT2D eigenvalue weighted by atomic mass is 35.5. The van der Waals surface area contributed by atoms with Gasteiger partial charge >= 0.3 is 0 Å². The predicted octanol–water partition coefficient (Wildman–Crippen LogP) is 4.51. The fourth-order valence-corrected chi connectivity index (χ4v) is 2.44. The van der Waals surface area contributed by atoms with Gasteiger partial charge < -0.3 is 13.7 Å². The van der Waals surface area contributed by atoms with E-state index in [9.17, 15) is 9.18 Å². The maximum atomic E-state index is 14.0. The normalized spacial score (nSPS) is 10.7. The fourth-order valence-electron chi connectivity index (χ4n) is 2.22. The van der Waals surface area contributed by atoms with E-state index in [4.69, 9.17) is 20.4 Å². The summed E-state index contributed by atoms with van der Waals surface area (Å²) in [6.45, 7) is 0.183. The number of hydrogen-bond donors (Lipinski definition) is 0. The summed E-state index contributed by atoms with van der Waals surface area (Å²) in [4.78, 5) is 14.0. The van der Waals surface area contributed by atoms with Crippen molar-refractivity contribution >= 4 is 17.5 Å². The lowest BCUT2D eigenvalue weighted by atomic mass is 10.2. The van der Waals surface area contributed by atoms with E-state index in [1.54, 1.807) is 30.3 Å². The molecule has 0 atom stereocenters. The first-order valence-corrected chi connectivity index (χ1v) is 7.31. The molecular weight excluding hydrogens is 321 g/mol. The topological polar surface area (TPSA) is 46.6 Å². The van der Waals surface area contributed by atoms with Gasteiger partial charge in [0.1, 0.15) is 11.6 Å². The molecule has 0 aliphatic carbocycles. The summed E-state index contributed by atoms with van der Waals surface area (Å²) in [6, 6.07) is 11.1. The number of carbonyl (C=O) groups excluding carboxylic acids is 1. The van der Waals surface area contributed by atoms with Crippen molar-refractivity contribution in [1.29, 1.82) is 0 Å². The van der Waals surface area contributed by atoms with Crippen LogP contribution in [0.4, 0.5) is 4.39 Å². The fraction of sp³-hybridized carbons (Fsp3) is 0.118. The Kier molecular flexibility index (Phi) is 4.48. The first kappa shape index (κ1) is 15.4. The van der Waals surface area contributed by atoms with Crippen molar-refractivity contribution in [3.63, 3.8) is 0 Å². The van der Waals surface area contributed by atoms with E-state index in [1.807, 2.05) is 0 Å². The van der Waals surface area contributed by atoms with Crippen LogP contribution in [0.3, 0.4) is 0 Å². The number of rotatable bonds is 5. The van der Waals surface area contributed by atoms with Crippen LogP contribution >= 0.6 is 11.6 Å². The van der Waals surface area contributed by atoms with Crippen LogP contribution in [0.2, 0.25) is 5.02 Å². The lowest BCUT2D eigenvalue weighted by molar-refractivity contribution is 0.0683. The van der Waals surface area contributed by atoms with Crippen molar-refractivity contribution in [2.24, 2.45) is 0 Å². The third-order valence-corrected chi connectivity index (χ3v) is 3.71. The summed E-state index contributed by atoms with van der Waals surface area (Å²) < 4.78 is 24.4. The molecule has 0 saturated carbocycles. The Morgan fingerprint density at radius 3 is 2.48 bits per heavy atom. The molecule has 0 N–H and O–H groups in total. The summed E-state index contributed by atoms with van der Waals surface area (Å²) in [6.07, 6.45) is 2.93. The van der Waals surface area contributed by atoms with Crippen molar-refractivity contribution in [3.8, 4) is 0 Å². The molecule has 0 spiro atoms. The summed E-state index contributed by atoms with van der Waals surface area (Å²) in [5.41, 5.74) is 0.251. The standard InChI is InChI=1S/C17H13ClFNO3/c18-14-5-1-6-15(19)13(14)11-20(10-12-4-2-8-22-12)17(21)16-7-3-9-23-16/h1-9H,10-11H2. The van der Waals surface area contributed by atoms with Gasteiger partial charge in [-0.25, -0.2) is 4.39 Å². The van der Waals surface area contributed by atoms with E-state index in [1.165, 1.54) is 29.6 Å². The van der Waals surface area contributed by atoms with E-state index >= 15 is 0 Å². The van der Waals surface area contributed by atoms with Crippen molar-refractivity contribution in [3.05, 3.63) is 82.9 Å². The molecule has 1 amide bonds.